The van der Waals surface area contributed by atoms with Crippen molar-refractivity contribution in [2.75, 3.05) is 17.2 Å². The zero-order valence-electron chi connectivity index (χ0n) is 26.6. The lowest BCUT2D eigenvalue weighted by molar-refractivity contribution is -0.139. The molecule has 3 amide bonds. The summed E-state index contributed by atoms with van der Waals surface area (Å²) in [5.74, 6) is -1.01. The summed E-state index contributed by atoms with van der Waals surface area (Å²) >= 11 is 0. The molecule has 0 aliphatic carbocycles. The van der Waals surface area contributed by atoms with Crippen LogP contribution in [0.1, 0.15) is 54.2 Å². The Kier molecular flexibility index (Phi) is 9.59. The lowest BCUT2D eigenvalue weighted by atomic mass is 10.0. The summed E-state index contributed by atoms with van der Waals surface area (Å²) in [5, 5.41) is 8.23. The Morgan fingerprint density at radius 1 is 1.04 bits per heavy atom. The highest BCUT2D eigenvalue weighted by Gasteiger charge is 2.38. The molecular weight excluding hydrogens is 629 g/mol. The average Bonchev–Trinajstić information content (AvgIpc) is 3.35. The van der Waals surface area contributed by atoms with Crippen LogP contribution in [-0.2, 0) is 22.3 Å². The van der Waals surface area contributed by atoms with Gasteiger partial charge in [0.05, 0.1) is 11.3 Å². The summed E-state index contributed by atoms with van der Waals surface area (Å²) in [6.07, 6.45) is 0.838. The highest BCUT2D eigenvalue weighted by Crippen LogP contribution is 2.34. The third-order valence-corrected chi connectivity index (χ3v) is 7.28. The predicted molar refractivity (Wildman–Crippen MR) is 170 cm³/mol. The van der Waals surface area contributed by atoms with E-state index in [1.54, 1.807) is 63.6 Å². The lowest BCUT2D eigenvalue weighted by Crippen LogP contribution is -2.43. The molecule has 48 heavy (non-hydrogen) atoms. The number of rotatable bonds is 8. The van der Waals surface area contributed by atoms with Crippen molar-refractivity contribution >= 4 is 35.2 Å². The van der Waals surface area contributed by atoms with Gasteiger partial charge in [-0.25, -0.2) is 24.7 Å². The molecule has 0 bridgehead atoms. The second-order valence-electron chi connectivity index (χ2n) is 12.1. The van der Waals surface area contributed by atoms with Gasteiger partial charge >= 0.3 is 12.3 Å². The van der Waals surface area contributed by atoms with Gasteiger partial charge in [-0.15, -0.1) is 0 Å². The van der Waals surface area contributed by atoms with Crippen LogP contribution in [0.2, 0.25) is 0 Å². The first-order valence-electron chi connectivity index (χ1n) is 14.9. The Morgan fingerprint density at radius 3 is 2.50 bits per heavy atom. The molecule has 1 atom stereocenters. The van der Waals surface area contributed by atoms with Gasteiger partial charge in [-0.05, 0) is 75.6 Å². The number of benzene rings is 2. The normalized spacial score (nSPS) is 14.9. The topological polar surface area (TPSA) is 151 Å². The van der Waals surface area contributed by atoms with Crippen molar-refractivity contribution in [1.82, 2.24) is 30.2 Å². The third-order valence-electron chi connectivity index (χ3n) is 7.28. The second-order valence-corrected chi connectivity index (χ2v) is 12.1. The minimum absolute atomic E-state index is 0.138. The summed E-state index contributed by atoms with van der Waals surface area (Å²) in [7, 11) is 0. The molecule has 5 rings (SSSR count). The van der Waals surface area contributed by atoms with Crippen molar-refractivity contribution in [3.8, 4) is 11.3 Å². The first-order chi connectivity index (χ1) is 22.7. The monoisotopic (exact) mass is 662 g/mol. The number of alkyl carbamates (subject to hydrolysis) is 1. The second kappa shape index (κ2) is 13.6. The van der Waals surface area contributed by atoms with E-state index in [2.05, 4.69) is 35.9 Å². The molecule has 3 heterocycles. The fraction of sp³-hybridized carbons (Fsp3) is 0.303. The van der Waals surface area contributed by atoms with Crippen LogP contribution in [0.15, 0.2) is 67.4 Å². The number of aryl methyl sites for hydroxylation is 1. The van der Waals surface area contributed by atoms with Gasteiger partial charge in [0.1, 0.15) is 18.0 Å². The largest absolute Gasteiger partial charge is 0.444 e. The summed E-state index contributed by atoms with van der Waals surface area (Å²) in [6.45, 7) is 6.64. The Morgan fingerprint density at radius 2 is 1.79 bits per heavy atom. The number of halogens is 3. The number of nitrogens with one attached hydrogen (secondary N) is 3. The predicted octanol–water partition coefficient (Wildman–Crippen LogP) is 5.88. The molecule has 0 spiro atoms. The maximum Gasteiger partial charge on any atom is 0.416 e. The summed E-state index contributed by atoms with van der Waals surface area (Å²) < 4.78 is 47.8. The first-order valence-corrected chi connectivity index (χ1v) is 14.9. The molecule has 250 valence electrons. The standard InChI is InChI=1S/C33H33F3N8O4/c1-19-5-8-23(14-27(19)42-30-39-11-9-25(41-30)22-15-37-18-38-16-22)40-28(45)20-6-7-21(24(13-20)33(34,35)36)17-44-12-10-26(29(44)46)43-31(47)48-32(2,3)4/h5-9,11,13-16,18,26H,10,12,17H2,1-4H3,(H,40,45)(H,43,47)(H,39,41,42). The number of hydrogen-bond donors (Lipinski definition) is 3. The van der Waals surface area contributed by atoms with Gasteiger partial charge in [0.2, 0.25) is 11.9 Å². The van der Waals surface area contributed by atoms with Gasteiger partial charge in [-0.2, -0.15) is 13.2 Å². The number of alkyl halides is 3. The van der Waals surface area contributed by atoms with Gasteiger partial charge in [-0.3, -0.25) is 9.59 Å². The molecule has 1 saturated heterocycles. The molecule has 15 heteroatoms. The van der Waals surface area contributed by atoms with Gasteiger partial charge in [0.15, 0.2) is 0 Å². The van der Waals surface area contributed by atoms with Crippen LogP contribution < -0.4 is 16.0 Å². The van der Waals surface area contributed by atoms with E-state index in [0.29, 0.717) is 22.6 Å². The van der Waals surface area contributed by atoms with E-state index in [1.807, 2.05) is 6.92 Å². The van der Waals surface area contributed by atoms with Crippen LogP contribution in [0.3, 0.4) is 0 Å². The number of anilines is 3. The number of nitrogens with zero attached hydrogens (tertiary/aromatic N) is 5. The average molecular weight is 663 g/mol. The van der Waals surface area contributed by atoms with Gasteiger partial charge < -0.3 is 25.6 Å². The van der Waals surface area contributed by atoms with Crippen molar-refractivity contribution in [2.45, 2.75) is 58.5 Å². The molecule has 2 aromatic heterocycles. The molecule has 1 unspecified atom stereocenters. The van der Waals surface area contributed by atoms with Crippen molar-refractivity contribution < 1.29 is 32.3 Å². The van der Waals surface area contributed by atoms with Crippen molar-refractivity contribution in [3.05, 3.63) is 89.6 Å². The number of hydrogen-bond acceptors (Lipinski definition) is 9. The Bertz CT molecular complexity index is 1830. The number of carbonyl (C=O) groups is 3. The molecule has 0 radical (unpaired) electrons. The van der Waals surface area contributed by atoms with Crippen LogP contribution >= 0.6 is 0 Å². The van der Waals surface area contributed by atoms with Crippen LogP contribution in [-0.4, -0.2) is 60.9 Å². The molecule has 0 saturated carbocycles. The van der Waals surface area contributed by atoms with Crippen molar-refractivity contribution in [3.63, 3.8) is 0 Å². The smallest absolute Gasteiger partial charge is 0.416 e. The molecule has 4 aromatic rings. The number of aromatic nitrogens is 4. The van der Waals surface area contributed by atoms with Crippen LogP contribution in [0.5, 0.6) is 0 Å². The fourth-order valence-electron chi connectivity index (χ4n) is 4.97. The Hall–Kier alpha value is -5.60. The number of carbonyl (C=O) groups excluding carboxylic acids is 3. The van der Waals surface area contributed by atoms with Gasteiger partial charge in [-0.1, -0.05) is 12.1 Å². The number of amides is 3. The fourth-order valence-corrected chi connectivity index (χ4v) is 4.97. The SMILES string of the molecule is Cc1ccc(NC(=O)c2ccc(CN3CCC(NC(=O)OC(C)(C)C)C3=O)c(C(F)(F)F)c2)cc1Nc1nccc(-c2cncnc2)n1. The van der Waals surface area contributed by atoms with E-state index < -0.39 is 41.3 Å². The summed E-state index contributed by atoms with van der Waals surface area (Å²) in [4.78, 5) is 56.1. The molecule has 12 nitrogen and oxygen atoms in total. The highest BCUT2D eigenvalue weighted by molar-refractivity contribution is 6.04. The molecular formula is C33H33F3N8O4. The quantitative estimate of drug-likeness (QED) is 0.210. The van der Waals surface area contributed by atoms with E-state index >= 15 is 0 Å². The van der Waals surface area contributed by atoms with E-state index in [1.165, 1.54) is 23.4 Å². The van der Waals surface area contributed by atoms with Gasteiger partial charge in [0.25, 0.3) is 5.91 Å². The van der Waals surface area contributed by atoms with E-state index in [0.717, 1.165) is 11.6 Å². The Labute approximate surface area is 274 Å². The van der Waals surface area contributed by atoms with E-state index in [9.17, 15) is 27.6 Å². The minimum Gasteiger partial charge on any atom is -0.444 e. The number of likely N-dealkylation sites (tertiary alicyclic amines) is 1. The van der Waals surface area contributed by atoms with E-state index in [-0.39, 0.29) is 36.6 Å². The maximum absolute atomic E-state index is 14.2. The molecule has 1 aliphatic rings. The van der Waals surface area contributed by atoms with Crippen LogP contribution in [0.4, 0.5) is 35.3 Å². The molecule has 3 N–H and O–H groups in total. The molecule has 1 fully saturated rings. The van der Waals surface area contributed by atoms with Crippen LogP contribution in [0, 0.1) is 6.92 Å². The Balaban J connectivity index is 1.28. The maximum atomic E-state index is 14.2. The third kappa shape index (κ3) is 8.40. The summed E-state index contributed by atoms with van der Waals surface area (Å²) in [5.41, 5.74) is 0.741. The molecule has 2 aromatic carbocycles. The van der Waals surface area contributed by atoms with Crippen molar-refractivity contribution in [1.29, 1.82) is 0 Å². The van der Waals surface area contributed by atoms with Crippen molar-refractivity contribution in [2.24, 2.45) is 0 Å². The lowest BCUT2D eigenvalue weighted by Gasteiger charge is -2.22. The highest BCUT2D eigenvalue weighted by atomic mass is 19.4. The molecule has 1 aliphatic heterocycles. The minimum atomic E-state index is -4.80. The zero-order valence-corrected chi connectivity index (χ0v) is 26.6. The first kappa shape index (κ1) is 33.8. The van der Waals surface area contributed by atoms with Gasteiger partial charge in [0, 0.05) is 54.2 Å². The van der Waals surface area contributed by atoms with E-state index in [4.69, 9.17) is 4.74 Å². The zero-order chi connectivity index (χ0) is 34.6. The van der Waals surface area contributed by atoms with Crippen LogP contribution in [0.25, 0.3) is 11.3 Å². The number of ether oxygens (including phenoxy) is 1. The summed E-state index contributed by atoms with van der Waals surface area (Å²) in [6, 6.07) is 8.99.